The highest BCUT2D eigenvalue weighted by atomic mass is 16.5. The first-order valence-corrected chi connectivity index (χ1v) is 8.62. The van der Waals surface area contributed by atoms with Crippen molar-refractivity contribution in [2.45, 2.75) is 45.1 Å². The van der Waals surface area contributed by atoms with Crippen molar-refractivity contribution in [1.82, 2.24) is 5.32 Å². The molecule has 1 unspecified atom stereocenters. The summed E-state index contributed by atoms with van der Waals surface area (Å²) in [6.45, 7) is 5.49. The van der Waals surface area contributed by atoms with Crippen LogP contribution in [0.5, 0.6) is 5.75 Å². The van der Waals surface area contributed by atoms with Crippen molar-refractivity contribution in [1.29, 1.82) is 0 Å². The normalized spacial score (nSPS) is 23.3. The second-order valence-corrected chi connectivity index (χ2v) is 6.48. The Morgan fingerprint density at radius 1 is 1.32 bits per heavy atom. The van der Waals surface area contributed by atoms with Gasteiger partial charge in [0.1, 0.15) is 11.8 Å². The number of quaternary nitrogens is 1. The van der Waals surface area contributed by atoms with Crippen LogP contribution >= 0.6 is 0 Å². The van der Waals surface area contributed by atoms with Gasteiger partial charge in [0.15, 0.2) is 6.61 Å². The Hall–Kier alpha value is -1.55. The molecule has 3 rings (SSSR count). The molecule has 2 aliphatic rings. The number of likely N-dealkylation sites (tertiary alicyclic amines) is 1. The van der Waals surface area contributed by atoms with Crippen molar-refractivity contribution < 1.29 is 14.4 Å². The molecule has 2 N–H and O–H groups in total. The number of ether oxygens (including phenoxy) is 1. The zero-order valence-corrected chi connectivity index (χ0v) is 13.5. The second-order valence-electron chi connectivity index (χ2n) is 6.48. The number of rotatable bonds is 6. The summed E-state index contributed by atoms with van der Waals surface area (Å²) in [6, 6.07) is 6.79. The summed E-state index contributed by atoms with van der Waals surface area (Å²) in [7, 11) is 0. The third-order valence-electron chi connectivity index (χ3n) is 5.07. The molecule has 1 amide bonds. The van der Waals surface area contributed by atoms with Gasteiger partial charge in [-0.05, 0) is 49.4 Å². The summed E-state index contributed by atoms with van der Waals surface area (Å²) in [5.41, 5.74) is 2.81. The van der Waals surface area contributed by atoms with E-state index in [0.717, 1.165) is 25.3 Å². The van der Waals surface area contributed by atoms with Gasteiger partial charge >= 0.3 is 0 Å². The Balaban J connectivity index is 1.42. The van der Waals surface area contributed by atoms with Crippen molar-refractivity contribution >= 4 is 5.91 Å². The van der Waals surface area contributed by atoms with Gasteiger partial charge in [-0.3, -0.25) is 4.79 Å². The van der Waals surface area contributed by atoms with E-state index in [1.54, 1.807) is 4.90 Å². The molecular weight excluding hydrogens is 276 g/mol. The van der Waals surface area contributed by atoms with E-state index in [2.05, 4.69) is 24.4 Å². The predicted octanol–water partition coefficient (Wildman–Crippen LogP) is 0.738. The summed E-state index contributed by atoms with van der Waals surface area (Å²) in [4.78, 5) is 13.6. The lowest BCUT2D eigenvalue weighted by molar-refractivity contribution is -0.909. The molecule has 0 spiro atoms. The fraction of sp³-hybridized carbons (Fsp3) is 0.611. The van der Waals surface area contributed by atoms with E-state index in [9.17, 15) is 4.79 Å². The lowest BCUT2D eigenvalue weighted by Crippen LogP contribution is -3.14. The first kappa shape index (κ1) is 15.3. The van der Waals surface area contributed by atoms with Gasteiger partial charge in [-0.2, -0.15) is 0 Å². The molecule has 0 bridgehead atoms. The minimum atomic E-state index is -0.0112. The summed E-state index contributed by atoms with van der Waals surface area (Å²) in [5, 5.41) is 3.03. The van der Waals surface area contributed by atoms with Crippen molar-refractivity contribution in [3.8, 4) is 5.75 Å². The van der Waals surface area contributed by atoms with E-state index in [-0.39, 0.29) is 12.5 Å². The Morgan fingerprint density at radius 3 is 3.05 bits per heavy atom. The molecule has 1 saturated heterocycles. The van der Waals surface area contributed by atoms with E-state index in [1.165, 1.54) is 43.4 Å². The molecule has 22 heavy (non-hydrogen) atoms. The van der Waals surface area contributed by atoms with Crippen LogP contribution in [0, 0.1) is 0 Å². The molecule has 2 atom stereocenters. The fourth-order valence-electron chi connectivity index (χ4n) is 3.77. The Labute approximate surface area is 132 Å². The SMILES string of the molecule is CC[NH+]1CCC[C@@H]1CNC(=O)COc1ccc2c(c1)CCC2. The molecule has 1 aliphatic heterocycles. The van der Waals surface area contributed by atoms with Crippen molar-refractivity contribution in [3.05, 3.63) is 29.3 Å². The van der Waals surface area contributed by atoms with E-state index >= 15 is 0 Å². The Bertz CT molecular complexity index is 530. The Kier molecular flexibility index (Phi) is 4.98. The zero-order chi connectivity index (χ0) is 15.4. The highest BCUT2D eigenvalue weighted by Crippen LogP contribution is 2.25. The number of benzene rings is 1. The number of fused-ring (bicyclic) bond motifs is 1. The lowest BCUT2D eigenvalue weighted by atomic mass is 10.1. The summed E-state index contributed by atoms with van der Waals surface area (Å²) in [5.74, 6) is 0.806. The maximum Gasteiger partial charge on any atom is 0.258 e. The molecule has 120 valence electrons. The zero-order valence-electron chi connectivity index (χ0n) is 13.5. The smallest absolute Gasteiger partial charge is 0.258 e. The van der Waals surface area contributed by atoms with Crippen LogP contribution in [0.2, 0.25) is 0 Å². The van der Waals surface area contributed by atoms with E-state index in [4.69, 9.17) is 4.74 Å². The number of hydrogen-bond donors (Lipinski definition) is 2. The van der Waals surface area contributed by atoms with Gasteiger partial charge in [0.25, 0.3) is 5.91 Å². The van der Waals surface area contributed by atoms with E-state index < -0.39 is 0 Å². The molecule has 0 saturated carbocycles. The molecule has 4 heteroatoms. The van der Waals surface area contributed by atoms with Crippen LogP contribution in [0.25, 0.3) is 0 Å². The number of aryl methyl sites for hydroxylation is 2. The van der Waals surface area contributed by atoms with Gasteiger partial charge in [0, 0.05) is 12.8 Å². The third kappa shape index (κ3) is 3.61. The van der Waals surface area contributed by atoms with Crippen LogP contribution in [0.1, 0.15) is 37.3 Å². The maximum absolute atomic E-state index is 12.0. The first-order chi connectivity index (χ1) is 10.8. The molecule has 1 aliphatic carbocycles. The number of amides is 1. The quantitative estimate of drug-likeness (QED) is 0.814. The number of carbonyl (C=O) groups excluding carboxylic acids is 1. The number of likely N-dealkylation sites (N-methyl/N-ethyl adjacent to an activating group) is 1. The highest BCUT2D eigenvalue weighted by Gasteiger charge is 2.27. The average Bonchev–Trinajstić information content (AvgIpc) is 3.18. The van der Waals surface area contributed by atoms with Gasteiger partial charge in [0.2, 0.25) is 0 Å². The van der Waals surface area contributed by atoms with Crippen molar-refractivity contribution in [2.75, 3.05) is 26.2 Å². The van der Waals surface area contributed by atoms with Crippen molar-refractivity contribution in [2.24, 2.45) is 0 Å². The van der Waals surface area contributed by atoms with Gasteiger partial charge in [-0.25, -0.2) is 0 Å². The van der Waals surface area contributed by atoms with Crippen LogP contribution in [0.15, 0.2) is 18.2 Å². The van der Waals surface area contributed by atoms with Gasteiger partial charge < -0.3 is 15.0 Å². The van der Waals surface area contributed by atoms with Crippen LogP contribution < -0.4 is 15.0 Å². The fourth-order valence-corrected chi connectivity index (χ4v) is 3.77. The van der Waals surface area contributed by atoms with Gasteiger partial charge in [-0.1, -0.05) is 6.07 Å². The summed E-state index contributed by atoms with van der Waals surface area (Å²) < 4.78 is 5.64. The molecule has 0 aromatic heterocycles. The van der Waals surface area contributed by atoms with E-state index in [1.807, 2.05) is 6.07 Å². The largest absolute Gasteiger partial charge is 0.484 e. The van der Waals surface area contributed by atoms with Gasteiger partial charge in [0.05, 0.1) is 19.6 Å². The van der Waals surface area contributed by atoms with Crippen LogP contribution in [-0.2, 0) is 17.6 Å². The minimum Gasteiger partial charge on any atom is -0.484 e. The average molecular weight is 303 g/mol. The van der Waals surface area contributed by atoms with Crippen LogP contribution in [0.4, 0.5) is 0 Å². The topological polar surface area (TPSA) is 42.8 Å². The molecule has 1 aromatic carbocycles. The minimum absolute atomic E-state index is 0.0112. The van der Waals surface area contributed by atoms with Crippen LogP contribution in [-0.4, -0.2) is 38.2 Å². The second kappa shape index (κ2) is 7.14. The molecule has 1 heterocycles. The summed E-state index contributed by atoms with van der Waals surface area (Å²) >= 11 is 0. The maximum atomic E-state index is 12.0. The Morgan fingerprint density at radius 2 is 2.18 bits per heavy atom. The summed E-state index contributed by atoms with van der Waals surface area (Å²) in [6.07, 6.45) is 6.03. The highest BCUT2D eigenvalue weighted by molar-refractivity contribution is 5.77. The number of hydrogen-bond acceptors (Lipinski definition) is 2. The first-order valence-electron chi connectivity index (χ1n) is 8.62. The van der Waals surface area contributed by atoms with Gasteiger partial charge in [-0.15, -0.1) is 0 Å². The van der Waals surface area contributed by atoms with E-state index in [0.29, 0.717) is 6.04 Å². The lowest BCUT2D eigenvalue weighted by Gasteiger charge is -2.20. The predicted molar refractivity (Wildman–Crippen MR) is 86.4 cm³/mol. The number of carbonyl (C=O) groups is 1. The number of nitrogens with one attached hydrogen (secondary N) is 2. The van der Waals surface area contributed by atoms with Crippen molar-refractivity contribution in [3.63, 3.8) is 0 Å². The molecule has 4 nitrogen and oxygen atoms in total. The third-order valence-corrected chi connectivity index (χ3v) is 5.07. The monoisotopic (exact) mass is 303 g/mol. The molecule has 1 aromatic rings. The molecular formula is C18H27N2O2+. The van der Waals surface area contributed by atoms with Crippen LogP contribution in [0.3, 0.4) is 0 Å². The molecule has 0 radical (unpaired) electrons. The standard InChI is InChI=1S/C18H26N2O2/c1-2-20-10-4-7-16(20)12-19-18(21)13-22-17-9-8-14-5-3-6-15(14)11-17/h8-9,11,16H,2-7,10,12-13H2,1H3,(H,19,21)/p+1/t16-/m1/s1. The molecule has 1 fully saturated rings.